The van der Waals surface area contributed by atoms with Crippen molar-refractivity contribution < 1.29 is 9.21 Å². The van der Waals surface area contributed by atoms with Crippen LogP contribution in [0.3, 0.4) is 0 Å². The summed E-state index contributed by atoms with van der Waals surface area (Å²) in [5.41, 5.74) is 1.00. The minimum absolute atomic E-state index is 0.0234. The van der Waals surface area contributed by atoms with Crippen molar-refractivity contribution in [1.82, 2.24) is 4.90 Å². The molecule has 1 amide bonds. The minimum atomic E-state index is 0.0234. The largest absolute Gasteiger partial charge is 0.457 e. The number of aliphatic imine (C=N–C) groups is 1. The molecule has 0 saturated carbocycles. The fourth-order valence-corrected chi connectivity index (χ4v) is 4.07. The second-order valence-corrected chi connectivity index (χ2v) is 8.57. The smallest absolute Gasteiger partial charge is 0.266 e. The number of amidine groups is 1. The summed E-state index contributed by atoms with van der Waals surface area (Å²) in [5.74, 6) is 1.49. The van der Waals surface area contributed by atoms with Crippen LogP contribution in [-0.2, 0) is 4.79 Å². The van der Waals surface area contributed by atoms with Crippen molar-refractivity contribution >= 4 is 44.8 Å². The van der Waals surface area contributed by atoms with Crippen molar-refractivity contribution in [3.63, 3.8) is 0 Å². The predicted molar refractivity (Wildman–Crippen MR) is 121 cm³/mol. The quantitative estimate of drug-likeness (QED) is 0.330. The predicted octanol–water partition coefficient (Wildman–Crippen LogP) is 6.58. The molecule has 28 heavy (non-hydrogen) atoms. The first-order chi connectivity index (χ1) is 13.6. The summed E-state index contributed by atoms with van der Waals surface area (Å²) in [6.45, 7) is 5.75. The lowest BCUT2D eigenvalue weighted by molar-refractivity contribution is -0.122. The Morgan fingerprint density at radius 1 is 1.11 bits per heavy atom. The number of halogens is 1. The van der Waals surface area contributed by atoms with Crippen LogP contribution in [0.1, 0.15) is 45.3 Å². The Morgan fingerprint density at radius 3 is 2.57 bits per heavy atom. The second-order valence-electron chi connectivity index (χ2n) is 6.65. The van der Waals surface area contributed by atoms with E-state index in [1.165, 1.54) is 11.8 Å². The Labute approximate surface area is 179 Å². The second kappa shape index (κ2) is 10.1. The van der Waals surface area contributed by atoms with E-state index in [4.69, 9.17) is 4.42 Å². The first-order valence-electron chi connectivity index (χ1n) is 9.74. The van der Waals surface area contributed by atoms with E-state index in [0.29, 0.717) is 17.2 Å². The third-order valence-electron chi connectivity index (χ3n) is 4.41. The van der Waals surface area contributed by atoms with Gasteiger partial charge in [-0.2, -0.15) is 0 Å². The number of unbranched alkanes of at least 4 members (excludes halogenated alkanes) is 2. The van der Waals surface area contributed by atoms with Gasteiger partial charge in [0.05, 0.1) is 4.91 Å². The highest BCUT2D eigenvalue weighted by molar-refractivity contribution is 9.10. The summed E-state index contributed by atoms with van der Waals surface area (Å²) in [6.07, 6.45) is 5.98. The van der Waals surface area contributed by atoms with E-state index in [2.05, 4.69) is 34.8 Å². The molecule has 0 N–H and O–H groups in total. The topological polar surface area (TPSA) is 45.8 Å². The van der Waals surface area contributed by atoms with Crippen LogP contribution in [0.5, 0.6) is 0 Å². The van der Waals surface area contributed by atoms with Crippen molar-refractivity contribution in [3.8, 4) is 11.3 Å². The van der Waals surface area contributed by atoms with Crippen LogP contribution in [0.2, 0.25) is 0 Å². The average Bonchev–Trinajstić information content (AvgIpc) is 3.27. The van der Waals surface area contributed by atoms with Crippen LogP contribution < -0.4 is 0 Å². The van der Waals surface area contributed by atoms with Gasteiger partial charge < -0.3 is 4.42 Å². The summed E-state index contributed by atoms with van der Waals surface area (Å²) in [4.78, 5) is 20.0. The van der Waals surface area contributed by atoms with Crippen molar-refractivity contribution in [3.05, 3.63) is 51.5 Å². The molecule has 3 rings (SSSR count). The molecule has 0 spiro atoms. The fourth-order valence-electron chi connectivity index (χ4n) is 2.80. The molecule has 0 radical (unpaired) electrons. The minimum Gasteiger partial charge on any atom is -0.457 e. The molecule has 2 aromatic rings. The molecule has 0 unspecified atom stereocenters. The first kappa shape index (κ1) is 20.9. The third kappa shape index (κ3) is 5.17. The van der Waals surface area contributed by atoms with Crippen molar-refractivity contribution in [2.24, 2.45) is 4.99 Å². The fraction of sp³-hybridized carbons (Fsp3) is 0.364. The molecule has 6 heteroatoms. The Balaban J connectivity index is 1.80. The van der Waals surface area contributed by atoms with Crippen LogP contribution in [0, 0.1) is 0 Å². The maximum absolute atomic E-state index is 12.9. The molecule has 0 bridgehead atoms. The molecule has 4 nitrogen and oxygen atoms in total. The highest BCUT2D eigenvalue weighted by Crippen LogP contribution is 2.34. The van der Waals surface area contributed by atoms with E-state index >= 15 is 0 Å². The summed E-state index contributed by atoms with van der Waals surface area (Å²) in [7, 11) is 0. The molecule has 0 atom stereocenters. The third-order valence-corrected chi connectivity index (χ3v) is 5.98. The van der Waals surface area contributed by atoms with E-state index in [9.17, 15) is 4.79 Å². The molecule has 1 fully saturated rings. The molecule has 2 heterocycles. The van der Waals surface area contributed by atoms with Crippen molar-refractivity contribution in [2.45, 2.75) is 39.5 Å². The lowest BCUT2D eigenvalue weighted by Gasteiger charge is -2.14. The number of carbonyl (C=O) groups excluding carboxylic acids is 1. The SMILES string of the molecule is CCCCN=C1SC(=Cc2ccc(-c3ccc(Br)cc3)o2)C(=O)N1CCCC. The number of thioether (sulfide) groups is 1. The molecule has 1 aliphatic heterocycles. The Morgan fingerprint density at radius 2 is 1.86 bits per heavy atom. The molecule has 1 aromatic carbocycles. The first-order valence-corrected chi connectivity index (χ1v) is 11.3. The van der Waals surface area contributed by atoms with Crippen molar-refractivity contribution in [1.29, 1.82) is 0 Å². The van der Waals surface area contributed by atoms with Gasteiger partial charge in [0.25, 0.3) is 5.91 Å². The normalized spacial score (nSPS) is 17.2. The number of nitrogens with zero attached hydrogens (tertiary/aromatic N) is 2. The van der Waals surface area contributed by atoms with Gasteiger partial charge in [0.1, 0.15) is 11.5 Å². The van der Waals surface area contributed by atoms with E-state index in [0.717, 1.165) is 53.2 Å². The van der Waals surface area contributed by atoms with Gasteiger partial charge in [0, 0.05) is 29.2 Å². The van der Waals surface area contributed by atoms with Crippen LogP contribution >= 0.6 is 27.7 Å². The highest BCUT2D eigenvalue weighted by atomic mass is 79.9. The van der Waals surface area contributed by atoms with E-state index < -0.39 is 0 Å². The zero-order valence-electron chi connectivity index (χ0n) is 16.3. The van der Waals surface area contributed by atoms with Gasteiger partial charge in [-0.15, -0.1) is 0 Å². The molecule has 1 aliphatic rings. The highest BCUT2D eigenvalue weighted by Gasteiger charge is 2.32. The lowest BCUT2D eigenvalue weighted by Crippen LogP contribution is -2.30. The van der Waals surface area contributed by atoms with Crippen molar-refractivity contribution in [2.75, 3.05) is 13.1 Å². The average molecular weight is 461 g/mol. The molecule has 1 aromatic heterocycles. The summed E-state index contributed by atoms with van der Waals surface area (Å²) < 4.78 is 6.98. The van der Waals surface area contributed by atoms with Crippen LogP contribution in [-0.4, -0.2) is 29.1 Å². The van der Waals surface area contributed by atoms with E-state index in [-0.39, 0.29) is 5.91 Å². The van der Waals surface area contributed by atoms with E-state index in [1.54, 1.807) is 0 Å². The Hall–Kier alpha value is -1.79. The van der Waals surface area contributed by atoms with Crippen LogP contribution in [0.4, 0.5) is 0 Å². The number of hydrogen-bond acceptors (Lipinski definition) is 4. The summed E-state index contributed by atoms with van der Waals surface area (Å²) in [6, 6.07) is 11.8. The maximum atomic E-state index is 12.9. The van der Waals surface area contributed by atoms with Crippen LogP contribution in [0.15, 0.2) is 55.2 Å². The van der Waals surface area contributed by atoms with Gasteiger partial charge >= 0.3 is 0 Å². The van der Waals surface area contributed by atoms with Gasteiger partial charge in [0.15, 0.2) is 5.17 Å². The molecule has 0 aliphatic carbocycles. The zero-order valence-corrected chi connectivity index (χ0v) is 18.7. The number of hydrogen-bond donors (Lipinski definition) is 0. The Bertz CT molecular complexity index is 871. The molecular formula is C22H25BrN2O2S. The number of furan rings is 1. The monoisotopic (exact) mass is 460 g/mol. The maximum Gasteiger partial charge on any atom is 0.266 e. The zero-order chi connectivity index (χ0) is 19.9. The van der Waals surface area contributed by atoms with Gasteiger partial charge in [-0.1, -0.05) is 54.8 Å². The number of benzene rings is 1. The summed E-state index contributed by atoms with van der Waals surface area (Å²) >= 11 is 4.89. The Kier molecular flexibility index (Phi) is 7.57. The number of amides is 1. The van der Waals surface area contributed by atoms with Gasteiger partial charge in [-0.05, 0) is 48.9 Å². The van der Waals surface area contributed by atoms with Gasteiger partial charge in [-0.25, -0.2) is 0 Å². The summed E-state index contributed by atoms with van der Waals surface area (Å²) in [5, 5.41) is 0.817. The number of rotatable bonds is 8. The van der Waals surface area contributed by atoms with Gasteiger partial charge in [0.2, 0.25) is 0 Å². The standard InChI is InChI=1S/C22H25BrN2O2S/c1-3-5-13-24-22-25(14-6-4-2)21(26)20(28-22)15-18-11-12-19(27-18)16-7-9-17(23)10-8-16/h7-12,15H,3-6,13-14H2,1-2H3. The molecule has 148 valence electrons. The van der Waals surface area contributed by atoms with E-state index in [1.807, 2.05) is 47.4 Å². The molecular weight excluding hydrogens is 436 g/mol. The lowest BCUT2D eigenvalue weighted by atomic mass is 10.2. The van der Waals surface area contributed by atoms with Crippen LogP contribution in [0.25, 0.3) is 17.4 Å². The van der Waals surface area contributed by atoms with Gasteiger partial charge in [-0.3, -0.25) is 14.7 Å². The number of carbonyl (C=O) groups is 1. The molecule has 1 saturated heterocycles.